The zero-order valence-electron chi connectivity index (χ0n) is 4.98. The highest BCUT2D eigenvalue weighted by atomic mass is 79.9. The minimum Gasteiger partial charge on any atom is -0.204 e. The molecule has 0 atom stereocenters. The predicted molar refractivity (Wildman–Crippen MR) is 41.8 cm³/mol. The molecule has 0 spiro atoms. The molecule has 0 saturated carbocycles. The predicted octanol–water partition coefficient (Wildman–Crippen LogP) is 1.42. The van der Waals surface area contributed by atoms with Crippen molar-refractivity contribution < 1.29 is 0 Å². The number of halogens is 1. The van der Waals surface area contributed by atoms with Crippen molar-refractivity contribution in [2.45, 2.75) is 0 Å². The maximum atomic E-state index is 9.91. The third-order valence-electron chi connectivity index (χ3n) is 0.789. The van der Waals surface area contributed by atoms with E-state index >= 15 is 0 Å². The molecule has 5 nitrogen and oxygen atoms in total. The highest BCUT2D eigenvalue weighted by molar-refractivity contribution is 9.11. The van der Waals surface area contributed by atoms with Crippen LogP contribution in [0.3, 0.4) is 0 Å². The van der Waals surface area contributed by atoms with Crippen LogP contribution < -0.4 is 5.01 Å². The van der Waals surface area contributed by atoms with Crippen LogP contribution >= 0.6 is 27.3 Å². The normalized spacial score (nSPS) is 9.40. The highest BCUT2D eigenvalue weighted by Gasteiger charge is 2.05. The van der Waals surface area contributed by atoms with Crippen LogP contribution in [0.4, 0.5) is 5.13 Å². The van der Waals surface area contributed by atoms with E-state index in [1.165, 1.54) is 18.4 Å². The fourth-order valence-corrected chi connectivity index (χ4v) is 1.36. The smallest absolute Gasteiger partial charge is 0.204 e. The number of anilines is 1. The van der Waals surface area contributed by atoms with E-state index in [0.29, 0.717) is 9.05 Å². The molecule has 0 saturated heterocycles. The summed E-state index contributed by atoms with van der Waals surface area (Å²) < 4.78 is 0.637. The van der Waals surface area contributed by atoms with Crippen molar-refractivity contribution in [3.63, 3.8) is 0 Å². The van der Waals surface area contributed by atoms with Crippen LogP contribution in [0, 0.1) is 4.91 Å². The first-order valence-electron chi connectivity index (χ1n) is 2.30. The largest absolute Gasteiger partial charge is 0.231 e. The van der Waals surface area contributed by atoms with Crippen molar-refractivity contribution in [3.8, 4) is 0 Å². The van der Waals surface area contributed by atoms with Crippen LogP contribution in [0.1, 0.15) is 0 Å². The third kappa shape index (κ3) is 1.48. The third-order valence-corrected chi connectivity index (χ3v) is 2.21. The second-order valence-electron chi connectivity index (χ2n) is 1.44. The van der Waals surface area contributed by atoms with Crippen molar-refractivity contribution >= 4 is 32.4 Å². The number of hydrogen-bond acceptors (Lipinski definition) is 5. The monoisotopic (exact) mass is 222 g/mol. The lowest BCUT2D eigenvalue weighted by Gasteiger charge is -1.98. The summed E-state index contributed by atoms with van der Waals surface area (Å²) in [6.07, 6.45) is 0. The minimum atomic E-state index is 0.474. The van der Waals surface area contributed by atoms with E-state index in [4.69, 9.17) is 0 Å². The van der Waals surface area contributed by atoms with Gasteiger partial charge >= 0.3 is 0 Å². The Labute approximate surface area is 69.1 Å². The Kier molecular flexibility index (Phi) is 2.28. The zero-order valence-corrected chi connectivity index (χ0v) is 7.39. The lowest BCUT2D eigenvalue weighted by atomic mass is 11.1. The van der Waals surface area contributed by atoms with E-state index < -0.39 is 0 Å². The first kappa shape index (κ1) is 7.55. The van der Waals surface area contributed by atoms with Crippen LogP contribution in [-0.2, 0) is 0 Å². The summed E-state index contributed by atoms with van der Waals surface area (Å²) >= 11 is 4.35. The molecule has 10 heavy (non-hydrogen) atoms. The van der Waals surface area contributed by atoms with Crippen molar-refractivity contribution in [1.82, 2.24) is 10.2 Å². The van der Waals surface area contributed by atoms with Gasteiger partial charge in [-0.05, 0) is 15.9 Å². The van der Waals surface area contributed by atoms with Gasteiger partial charge in [0.05, 0.1) is 5.29 Å². The summed E-state index contributed by atoms with van der Waals surface area (Å²) in [7, 11) is 1.51. The molecular weight excluding hydrogens is 220 g/mol. The van der Waals surface area contributed by atoms with E-state index in [1.807, 2.05) is 0 Å². The molecule has 0 aliphatic rings. The van der Waals surface area contributed by atoms with Gasteiger partial charge in [-0.15, -0.1) is 15.1 Å². The second-order valence-corrected chi connectivity index (χ2v) is 3.67. The molecule has 0 aliphatic carbocycles. The van der Waals surface area contributed by atoms with Crippen LogP contribution in [0.15, 0.2) is 9.20 Å². The van der Waals surface area contributed by atoms with Crippen molar-refractivity contribution in [2.75, 3.05) is 12.1 Å². The van der Waals surface area contributed by atoms with Gasteiger partial charge in [0.25, 0.3) is 0 Å². The van der Waals surface area contributed by atoms with Crippen LogP contribution in [0.5, 0.6) is 0 Å². The van der Waals surface area contributed by atoms with Gasteiger partial charge in [-0.25, -0.2) is 5.01 Å². The zero-order chi connectivity index (χ0) is 7.56. The summed E-state index contributed by atoms with van der Waals surface area (Å²) in [5.74, 6) is 0. The molecular formula is C3H3BrN4OS. The Balaban J connectivity index is 2.84. The van der Waals surface area contributed by atoms with E-state index in [0.717, 1.165) is 5.01 Å². The van der Waals surface area contributed by atoms with Gasteiger partial charge in [-0.1, -0.05) is 11.3 Å². The molecule has 1 aromatic heterocycles. The van der Waals surface area contributed by atoms with Gasteiger partial charge in [0.2, 0.25) is 5.13 Å². The average molecular weight is 223 g/mol. The van der Waals surface area contributed by atoms with E-state index in [2.05, 4.69) is 31.4 Å². The standard InChI is InChI=1S/C3H3BrN4OS/c1-8(7-9)3-6-5-2(4)10-3/h1H3. The van der Waals surface area contributed by atoms with Crippen molar-refractivity contribution in [2.24, 2.45) is 5.29 Å². The number of hydrogen-bond donors (Lipinski definition) is 0. The van der Waals surface area contributed by atoms with Gasteiger partial charge in [0.15, 0.2) is 3.92 Å². The lowest BCUT2D eigenvalue weighted by molar-refractivity contribution is 0.947. The molecule has 0 radical (unpaired) electrons. The fraction of sp³-hybridized carbons (Fsp3) is 0.333. The van der Waals surface area contributed by atoms with E-state index in [-0.39, 0.29) is 0 Å². The Morgan fingerprint density at radius 1 is 1.70 bits per heavy atom. The molecule has 1 aromatic rings. The lowest BCUT2D eigenvalue weighted by Crippen LogP contribution is -2.05. The maximum absolute atomic E-state index is 9.91. The molecule has 0 amide bonds. The van der Waals surface area contributed by atoms with E-state index in [1.54, 1.807) is 0 Å². The summed E-state index contributed by atoms with van der Waals surface area (Å²) in [5, 5.41) is 11.5. The highest BCUT2D eigenvalue weighted by Crippen LogP contribution is 2.22. The first-order chi connectivity index (χ1) is 4.74. The molecule has 1 heterocycles. The summed E-state index contributed by atoms with van der Waals surface area (Å²) in [4.78, 5) is 9.91. The Morgan fingerprint density at radius 2 is 2.40 bits per heavy atom. The molecule has 0 aliphatic heterocycles. The number of nitroso groups, excluding NO2 is 1. The van der Waals surface area contributed by atoms with E-state index in [9.17, 15) is 4.91 Å². The molecule has 1 rings (SSSR count). The SMILES string of the molecule is CN(N=O)c1nnc(Br)s1. The van der Waals surface area contributed by atoms with Crippen LogP contribution in [0.25, 0.3) is 0 Å². The van der Waals surface area contributed by atoms with Gasteiger partial charge in [0, 0.05) is 7.05 Å². The summed E-state index contributed by atoms with van der Waals surface area (Å²) in [6.45, 7) is 0. The van der Waals surface area contributed by atoms with Gasteiger partial charge in [0.1, 0.15) is 0 Å². The molecule has 0 aromatic carbocycles. The molecule has 0 N–H and O–H groups in total. The number of rotatable bonds is 2. The molecule has 0 unspecified atom stereocenters. The van der Waals surface area contributed by atoms with Crippen molar-refractivity contribution in [1.29, 1.82) is 0 Å². The fourth-order valence-electron chi connectivity index (χ4n) is 0.364. The average Bonchev–Trinajstić information content (AvgIpc) is 2.34. The summed E-state index contributed by atoms with van der Waals surface area (Å²) in [6, 6.07) is 0. The van der Waals surface area contributed by atoms with Gasteiger partial charge in [-0.2, -0.15) is 0 Å². The van der Waals surface area contributed by atoms with Crippen LogP contribution in [-0.4, -0.2) is 17.2 Å². The Morgan fingerprint density at radius 3 is 2.80 bits per heavy atom. The Hall–Kier alpha value is -0.560. The topological polar surface area (TPSA) is 58.5 Å². The van der Waals surface area contributed by atoms with Gasteiger partial charge < -0.3 is 0 Å². The van der Waals surface area contributed by atoms with Gasteiger partial charge in [-0.3, -0.25) is 0 Å². The quantitative estimate of drug-likeness (QED) is 0.561. The van der Waals surface area contributed by atoms with Crippen molar-refractivity contribution in [3.05, 3.63) is 8.82 Å². The molecule has 0 bridgehead atoms. The first-order valence-corrected chi connectivity index (χ1v) is 3.91. The van der Waals surface area contributed by atoms with Crippen LogP contribution in [0.2, 0.25) is 0 Å². The summed E-state index contributed by atoms with van der Waals surface area (Å²) in [5.41, 5.74) is 0. The molecule has 54 valence electrons. The second kappa shape index (κ2) is 3.02. The molecule has 0 fully saturated rings. The molecule has 7 heteroatoms. The Bertz CT molecular complexity index is 238. The maximum Gasteiger partial charge on any atom is 0.231 e. The minimum absolute atomic E-state index is 0.474. The number of aromatic nitrogens is 2. The number of nitrogens with zero attached hydrogens (tertiary/aromatic N) is 4.